The second-order valence-corrected chi connectivity index (χ2v) is 6.12. The molecule has 0 aliphatic carbocycles. The third kappa shape index (κ3) is 5.38. The fourth-order valence-corrected chi connectivity index (χ4v) is 2.52. The van der Waals surface area contributed by atoms with E-state index in [-0.39, 0.29) is 13.0 Å². The van der Waals surface area contributed by atoms with E-state index in [1.165, 1.54) is 0 Å². The number of carbonyl (C=O) groups excluding carboxylic acids is 2. The Morgan fingerprint density at radius 2 is 1.71 bits per heavy atom. The highest BCUT2D eigenvalue weighted by Gasteiger charge is 2.28. The van der Waals surface area contributed by atoms with Gasteiger partial charge in [-0.3, -0.25) is 9.59 Å². The standard InChI is InChI=1S/C19H17F3N2O4/c20-19(21,22)11-23-17(25)9-12-5-7-13(8-6-12)24-18(26)16-10-27-14-3-1-2-4-15(14)28-16/h1-8,16H,9-11H2,(H,23,25)(H,24,26)/t16-/m0/s1. The van der Waals surface area contributed by atoms with Gasteiger partial charge in [-0.15, -0.1) is 0 Å². The molecular weight excluding hydrogens is 377 g/mol. The molecule has 2 N–H and O–H groups in total. The van der Waals surface area contributed by atoms with Crippen LogP contribution in [0.25, 0.3) is 0 Å². The summed E-state index contributed by atoms with van der Waals surface area (Å²) in [4.78, 5) is 23.9. The number of anilines is 1. The summed E-state index contributed by atoms with van der Waals surface area (Å²) in [5.74, 6) is -0.0838. The van der Waals surface area contributed by atoms with Crippen LogP contribution < -0.4 is 20.1 Å². The second kappa shape index (κ2) is 8.20. The van der Waals surface area contributed by atoms with Crippen LogP contribution in [-0.2, 0) is 16.0 Å². The molecule has 148 valence electrons. The van der Waals surface area contributed by atoms with Crippen molar-refractivity contribution in [3.63, 3.8) is 0 Å². The highest BCUT2D eigenvalue weighted by molar-refractivity contribution is 5.94. The van der Waals surface area contributed by atoms with Crippen molar-refractivity contribution >= 4 is 17.5 Å². The summed E-state index contributed by atoms with van der Waals surface area (Å²) in [5.41, 5.74) is 0.982. The van der Waals surface area contributed by atoms with E-state index < -0.39 is 30.6 Å². The van der Waals surface area contributed by atoms with Crippen molar-refractivity contribution in [1.82, 2.24) is 5.32 Å². The second-order valence-electron chi connectivity index (χ2n) is 6.12. The Bertz CT molecular complexity index is 853. The van der Waals surface area contributed by atoms with Gasteiger partial charge in [-0.2, -0.15) is 13.2 Å². The number of rotatable bonds is 5. The number of nitrogens with one attached hydrogen (secondary N) is 2. The molecule has 2 amide bonds. The summed E-state index contributed by atoms with van der Waals surface area (Å²) in [5, 5.41) is 4.48. The van der Waals surface area contributed by atoms with Gasteiger partial charge in [0, 0.05) is 5.69 Å². The lowest BCUT2D eigenvalue weighted by Gasteiger charge is -2.25. The number of fused-ring (bicyclic) bond motifs is 1. The molecule has 0 spiro atoms. The first-order valence-corrected chi connectivity index (χ1v) is 8.42. The van der Waals surface area contributed by atoms with Crippen LogP contribution in [0.2, 0.25) is 0 Å². The maximum atomic E-state index is 12.3. The molecule has 6 nitrogen and oxygen atoms in total. The van der Waals surface area contributed by atoms with Gasteiger partial charge in [0.25, 0.3) is 5.91 Å². The van der Waals surface area contributed by atoms with Crippen molar-refractivity contribution in [3.05, 3.63) is 54.1 Å². The van der Waals surface area contributed by atoms with Crippen LogP contribution in [0.15, 0.2) is 48.5 Å². The Morgan fingerprint density at radius 3 is 2.39 bits per heavy atom. The average molecular weight is 394 g/mol. The average Bonchev–Trinajstić information content (AvgIpc) is 2.67. The minimum Gasteiger partial charge on any atom is -0.485 e. The summed E-state index contributed by atoms with van der Waals surface area (Å²) in [7, 11) is 0. The fourth-order valence-electron chi connectivity index (χ4n) is 2.52. The lowest BCUT2D eigenvalue weighted by atomic mass is 10.1. The molecule has 0 aromatic heterocycles. The van der Waals surface area contributed by atoms with Gasteiger partial charge in [0.1, 0.15) is 13.2 Å². The molecule has 28 heavy (non-hydrogen) atoms. The van der Waals surface area contributed by atoms with Crippen LogP contribution in [0.3, 0.4) is 0 Å². The smallest absolute Gasteiger partial charge is 0.405 e. The molecule has 0 unspecified atom stereocenters. The minimum absolute atomic E-state index is 0.0697. The molecule has 0 radical (unpaired) electrons. The maximum Gasteiger partial charge on any atom is 0.405 e. The first-order chi connectivity index (χ1) is 13.3. The molecule has 1 aliphatic rings. The van der Waals surface area contributed by atoms with Gasteiger partial charge in [-0.25, -0.2) is 0 Å². The third-order valence-corrected chi connectivity index (χ3v) is 3.87. The molecule has 0 saturated carbocycles. The molecule has 1 aliphatic heterocycles. The SMILES string of the molecule is O=C(Cc1ccc(NC(=O)[C@@H]2COc3ccccc3O2)cc1)NCC(F)(F)F. The minimum atomic E-state index is -4.45. The number of halogens is 3. The third-order valence-electron chi connectivity index (χ3n) is 3.87. The van der Waals surface area contributed by atoms with Gasteiger partial charge in [0.2, 0.25) is 12.0 Å². The Balaban J connectivity index is 1.51. The van der Waals surface area contributed by atoms with Crippen molar-refractivity contribution in [3.8, 4) is 11.5 Å². The summed E-state index contributed by atoms with van der Waals surface area (Å²) in [6, 6.07) is 13.2. The lowest BCUT2D eigenvalue weighted by molar-refractivity contribution is -0.138. The normalized spacial score (nSPS) is 15.6. The first-order valence-electron chi connectivity index (χ1n) is 8.42. The highest BCUT2D eigenvalue weighted by atomic mass is 19.4. The van der Waals surface area contributed by atoms with Crippen molar-refractivity contribution in [2.24, 2.45) is 0 Å². The van der Waals surface area contributed by atoms with Gasteiger partial charge in [-0.05, 0) is 29.8 Å². The number of amides is 2. The quantitative estimate of drug-likeness (QED) is 0.818. The highest BCUT2D eigenvalue weighted by Crippen LogP contribution is 2.31. The Morgan fingerprint density at radius 1 is 1.04 bits per heavy atom. The van der Waals surface area contributed by atoms with E-state index in [0.717, 1.165) is 0 Å². The molecule has 0 saturated heterocycles. The van der Waals surface area contributed by atoms with E-state index in [1.54, 1.807) is 53.8 Å². The topological polar surface area (TPSA) is 76.7 Å². The van der Waals surface area contributed by atoms with Gasteiger partial charge < -0.3 is 20.1 Å². The van der Waals surface area contributed by atoms with Crippen LogP contribution in [0.5, 0.6) is 11.5 Å². The van der Waals surface area contributed by atoms with Gasteiger partial charge >= 0.3 is 6.18 Å². The summed E-state index contributed by atoms with van der Waals surface area (Å²) >= 11 is 0. The molecule has 2 aromatic rings. The van der Waals surface area contributed by atoms with Crippen LogP contribution in [0.4, 0.5) is 18.9 Å². The predicted octanol–water partition coefficient (Wildman–Crippen LogP) is 2.69. The molecule has 3 rings (SSSR count). The molecular formula is C19H17F3N2O4. The Hall–Kier alpha value is -3.23. The van der Waals surface area contributed by atoms with Crippen molar-refractivity contribution in [2.45, 2.75) is 18.7 Å². The number of ether oxygens (including phenoxy) is 2. The number of carbonyl (C=O) groups is 2. The Kier molecular flexibility index (Phi) is 5.72. The number of benzene rings is 2. The number of para-hydroxylation sites is 2. The van der Waals surface area contributed by atoms with Gasteiger partial charge in [0.05, 0.1) is 6.42 Å². The van der Waals surface area contributed by atoms with Gasteiger partial charge in [-0.1, -0.05) is 24.3 Å². The molecule has 1 heterocycles. The van der Waals surface area contributed by atoms with E-state index in [2.05, 4.69) is 5.32 Å². The van der Waals surface area contributed by atoms with E-state index in [4.69, 9.17) is 9.47 Å². The molecule has 2 aromatic carbocycles. The largest absolute Gasteiger partial charge is 0.485 e. The zero-order valence-corrected chi connectivity index (χ0v) is 14.6. The van der Waals surface area contributed by atoms with Crippen LogP contribution >= 0.6 is 0 Å². The fraction of sp³-hybridized carbons (Fsp3) is 0.263. The van der Waals surface area contributed by atoms with E-state index in [1.807, 2.05) is 0 Å². The maximum absolute atomic E-state index is 12.3. The number of hydrogen-bond donors (Lipinski definition) is 2. The van der Waals surface area contributed by atoms with E-state index >= 15 is 0 Å². The predicted molar refractivity (Wildman–Crippen MR) is 94.2 cm³/mol. The first kappa shape index (κ1) is 19.5. The monoisotopic (exact) mass is 394 g/mol. The zero-order valence-electron chi connectivity index (χ0n) is 14.6. The summed E-state index contributed by atoms with van der Waals surface area (Å²) in [6.07, 6.45) is -5.46. The molecule has 1 atom stereocenters. The summed E-state index contributed by atoms with van der Waals surface area (Å²) < 4.78 is 47.4. The van der Waals surface area contributed by atoms with Crippen LogP contribution in [0, 0.1) is 0 Å². The molecule has 0 bridgehead atoms. The lowest BCUT2D eigenvalue weighted by Crippen LogP contribution is -2.40. The summed E-state index contributed by atoms with van der Waals surface area (Å²) in [6.45, 7) is -1.30. The van der Waals surface area contributed by atoms with Crippen molar-refractivity contribution in [2.75, 3.05) is 18.5 Å². The van der Waals surface area contributed by atoms with E-state index in [0.29, 0.717) is 22.7 Å². The number of hydrogen-bond acceptors (Lipinski definition) is 4. The Labute approximate surface area is 158 Å². The number of alkyl halides is 3. The van der Waals surface area contributed by atoms with E-state index in [9.17, 15) is 22.8 Å². The zero-order chi connectivity index (χ0) is 20.1. The van der Waals surface area contributed by atoms with Crippen LogP contribution in [0.1, 0.15) is 5.56 Å². The van der Waals surface area contributed by atoms with Crippen molar-refractivity contribution in [1.29, 1.82) is 0 Å². The van der Waals surface area contributed by atoms with Crippen LogP contribution in [-0.4, -0.2) is 37.2 Å². The van der Waals surface area contributed by atoms with Crippen molar-refractivity contribution < 1.29 is 32.2 Å². The van der Waals surface area contributed by atoms with Gasteiger partial charge in [0.15, 0.2) is 11.5 Å². The molecule has 9 heteroatoms. The molecule has 0 fully saturated rings.